The molecule has 2 aromatic rings. The second-order valence-electron chi connectivity index (χ2n) is 7.01. The molecule has 1 aromatic heterocycles. The number of benzene rings is 1. The van der Waals surface area contributed by atoms with Crippen molar-refractivity contribution in [2.45, 2.75) is 44.4 Å². The van der Waals surface area contributed by atoms with Gasteiger partial charge in [-0.15, -0.1) is 0 Å². The number of rotatable bonds is 6. The molecule has 6 nitrogen and oxygen atoms in total. The Morgan fingerprint density at radius 2 is 2.17 bits per heavy atom. The Balaban J connectivity index is 1.38. The zero-order valence-corrected chi connectivity index (χ0v) is 13.6. The van der Waals surface area contributed by atoms with Crippen LogP contribution in [-0.4, -0.2) is 33.5 Å². The van der Waals surface area contributed by atoms with E-state index in [2.05, 4.69) is 10.5 Å². The Morgan fingerprint density at radius 1 is 1.33 bits per heavy atom. The first-order chi connectivity index (χ1) is 11.7. The van der Waals surface area contributed by atoms with Gasteiger partial charge in [-0.05, 0) is 24.7 Å². The van der Waals surface area contributed by atoms with E-state index in [4.69, 9.17) is 4.52 Å². The maximum Gasteiger partial charge on any atom is 0.441 e. The minimum absolute atomic E-state index is 0.181. The Kier molecular flexibility index (Phi) is 4.24. The fraction of sp³-hybridized carbons (Fsp3) is 0.556. The normalized spacial score (nSPS) is 26.8. The van der Waals surface area contributed by atoms with Gasteiger partial charge in [0.2, 0.25) is 0 Å². The Bertz CT molecular complexity index is 739. The zero-order valence-electron chi connectivity index (χ0n) is 13.6. The standard InChI is InChI=1S/C18H23N3O3/c22-14(10-19-16-9-13-7-4-8-15(13)16)11-21-17(20-24-18(21)23)12-5-2-1-3-6-12/h1-3,5-6,13-16,19,22H,4,7-11H2. The van der Waals surface area contributed by atoms with Gasteiger partial charge in [-0.1, -0.05) is 48.3 Å². The van der Waals surface area contributed by atoms with E-state index in [0.29, 0.717) is 18.4 Å². The second kappa shape index (κ2) is 6.53. The molecule has 2 aliphatic rings. The van der Waals surface area contributed by atoms with Gasteiger partial charge >= 0.3 is 5.76 Å². The van der Waals surface area contributed by atoms with Gasteiger partial charge in [0, 0.05) is 18.2 Å². The number of fused-ring (bicyclic) bond motifs is 1. The Morgan fingerprint density at radius 3 is 2.96 bits per heavy atom. The highest BCUT2D eigenvalue weighted by atomic mass is 16.5. The summed E-state index contributed by atoms with van der Waals surface area (Å²) >= 11 is 0. The molecular weight excluding hydrogens is 306 g/mol. The summed E-state index contributed by atoms with van der Waals surface area (Å²) in [4.78, 5) is 11.9. The molecule has 1 aromatic carbocycles. The van der Waals surface area contributed by atoms with Crippen molar-refractivity contribution in [2.75, 3.05) is 6.54 Å². The molecule has 128 valence electrons. The van der Waals surface area contributed by atoms with Crippen molar-refractivity contribution in [3.05, 3.63) is 40.9 Å². The molecule has 2 fully saturated rings. The van der Waals surface area contributed by atoms with Crippen LogP contribution in [0.2, 0.25) is 0 Å². The molecule has 0 saturated heterocycles. The van der Waals surface area contributed by atoms with E-state index < -0.39 is 11.9 Å². The number of aromatic nitrogens is 2. The lowest BCUT2D eigenvalue weighted by Crippen LogP contribution is -2.50. The smallest absolute Gasteiger partial charge is 0.390 e. The molecule has 0 radical (unpaired) electrons. The zero-order chi connectivity index (χ0) is 16.5. The average molecular weight is 329 g/mol. The van der Waals surface area contributed by atoms with Crippen LogP contribution in [0.3, 0.4) is 0 Å². The maximum atomic E-state index is 11.9. The number of nitrogens with one attached hydrogen (secondary N) is 1. The lowest BCUT2D eigenvalue weighted by atomic mass is 9.71. The van der Waals surface area contributed by atoms with Crippen molar-refractivity contribution < 1.29 is 9.63 Å². The van der Waals surface area contributed by atoms with Crippen LogP contribution in [0.5, 0.6) is 0 Å². The molecule has 2 saturated carbocycles. The van der Waals surface area contributed by atoms with E-state index in [1.165, 1.54) is 30.3 Å². The average Bonchev–Trinajstić information content (AvgIpc) is 3.12. The first-order valence-corrected chi connectivity index (χ1v) is 8.76. The Hall–Kier alpha value is -1.92. The van der Waals surface area contributed by atoms with Gasteiger partial charge in [0.25, 0.3) is 0 Å². The van der Waals surface area contributed by atoms with Gasteiger partial charge in [0.15, 0.2) is 5.82 Å². The molecule has 24 heavy (non-hydrogen) atoms. The number of hydrogen-bond acceptors (Lipinski definition) is 5. The van der Waals surface area contributed by atoms with Crippen LogP contribution in [0.25, 0.3) is 11.4 Å². The molecule has 0 bridgehead atoms. The third-order valence-electron chi connectivity index (χ3n) is 5.52. The molecule has 4 atom stereocenters. The summed E-state index contributed by atoms with van der Waals surface area (Å²) in [6, 6.07) is 9.93. The maximum absolute atomic E-state index is 11.9. The predicted octanol–water partition coefficient (Wildman–Crippen LogP) is 1.64. The van der Waals surface area contributed by atoms with E-state index >= 15 is 0 Å². The van der Waals surface area contributed by atoms with Gasteiger partial charge in [-0.2, -0.15) is 0 Å². The molecule has 0 aliphatic heterocycles. The number of aliphatic hydroxyl groups is 1. The molecular formula is C18H23N3O3. The largest absolute Gasteiger partial charge is 0.441 e. The number of aliphatic hydroxyl groups excluding tert-OH is 1. The van der Waals surface area contributed by atoms with Crippen LogP contribution in [0.15, 0.2) is 39.6 Å². The monoisotopic (exact) mass is 329 g/mol. The fourth-order valence-corrected chi connectivity index (χ4v) is 4.21. The van der Waals surface area contributed by atoms with Gasteiger partial charge in [0.05, 0.1) is 12.6 Å². The van der Waals surface area contributed by atoms with Crippen molar-refractivity contribution >= 4 is 0 Å². The van der Waals surface area contributed by atoms with Crippen LogP contribution >= 0.6 is 0 Å². The molecule has 2 N–H and O–H groups in total. The van der Waals surface area contributed by atoms with E-state index in [9.17, 15) is 9.90 Å². The first-order valence-electron chi connectivity index (χ1n) is 8.76. The highest BCUT2D eigenvalue weighted by Gasteiger charge is 2.43. The third-order valence-corrected chi connectivity index (χ3v) is 5.52. The van der Waals surface area contributed by atoms with Gasteiger partial charge in [-0.3, -0.25) is 9.09 Å². The van der Waals surface area contributed by atoms with Gasteiger partial charge in [-0.25, -0.2) is 4.79 Å². The number of nitrogens with zero attached hydrogens (tertiary/aromatic N) is 2. The van der Waals surface area contributed by atoms with Crippen molar-refractivity contribution in [3.8, 4) is 11.4 Å². The summed E-state index contributed by atoms with van der Waals surface area (Å²) in [6.07, 6.45) is 4.58. The number of hydrogen-bond donors (Lipinski definition) is 2. The van der Waals surface area contributed by atoms with E-state index in [1.807, 2.05) is 30.3 Å². The SMILES string of the molecule is O=c1onc(-c2ccccc2)n1CC(O)CNC1CC2CCCC21. The van der Waals surface area contributed by atoms with Crippen LogP contribution in [0.4, 0.5) is 0 Å². The summed E-state index contributed by atoms with van der Waals surface area (Å²) in [5.41, 5.74) is 0.802. The minimum atomic E-state index is -0.648. The lowest BCUT2D eigenvalue weighted by Gasteiger charge is -2.41. The lowest BCUT2D eigenvalue weighted by molar-refractivity contribution is 0.0990. The molecule has 2 aliphatic carbocycles. The van der Waals surface area contributed by atoms with Crippen molar-refractivity contribution in [1.29, 1.82) is 0 Å². The highest BCUT2D eigenvalue weighted by Crippen LogP contribution is 2.46. The van der Waals surface area contributed by atoms with Crippen LogP contribution in [0.1, 0.15) is 25.7 Å². The molecule has 0 amide bonds. The Labute approximate surface area is 140 Å². The predicted molar refractivity (Wildman–Crippen MR) is 89.4 cm³/mol. The topological polar surface area (TPSA) is 80.3 Å². The first kappa shape index (κ1) is 15.6. The molecule has 0 spiro atoms. The van der Waals surface area contributed by atoms with Crippen LogP contribution in [0, 0.1) is 11.8 Å². The van der Waals surface area contributed by atoms with Gasteiger partial charge < -0.3 is 10.4 Å². The van der Waals surface area contributed by atoms with E-state index in [1.54, 1.807) is 0 Å². The second-order valence-corrected chi connectivity index (χ2v) is 7.01. The fourth-order valence-electron chi connectivity index (χ4n) is 4.21. The molecule has 4 unspecified atom stereocenters. The quantitative estimate of drug-likeness (QED) is 0.842. The summed E-state index contributed by atoms with van der Waals surface area (Å²) in [5, 5.41) is 17.6. The molecule has 4 rings (SSSR count). The van der Waals surface area contributed by atoms with Gasteiger partial charge in [0.1, 0.15) is 0 Å². The molecule has 6 heteroatoms. The summed E-state index contributed by atoms with van der Waals surface area (Å²) in [6.45, 7) is 0.667. The van der Waals surface area contributed by atoms with E-state index in [0.717, 1.165) is 17.4 Å². The minimum Gasteiger partial charge on any atom is -0.390 e. The highest BCUT2D eigenvalue weighted by molar-refractivity contribution is 5.54. The summed E-state index contributed by atoms with van der Waals surface area (Å²) in [7, 11) is 0. The summed E-state index contributed by atoms with van der Waals surface area (Å²) < 4.78 is 6.20. The van der Waals surface area contributed by atoms with Crippen molar-refractivity contribution in [3.63, 3.8) is 0 Å². The van der Waals surface area contributed by atoms with Crippen molar-refractivity contribution in [1.82, 2.24) is 15.0 Å². The van der Waals surface area contributed by atoms with Crippen LogP contribution in [-0.2, 0) is 6.54 Å². The third kappa shape index (κ3) is 2.91. The van der Waals surface area contributed by atoms with Crippen molar-refractivity contribution in [2.24, 2.45) is 11.8 Å². The summed E-state index contributed by atoms with van der Waals surface area (Å²) in [5.74, 6) is 1.60. The van der Waals surface area contributed by atoms with Crippen LogP contribution < -0.4 is 11.1 Å². The molecule has 1 heterocycles. The van der Waals surface area contributed by atoms with E-state index in [-0.39, 0.29) is 6.54 Å².